The van der Waals surface area contributed by atoms with Crippen LogP contribution in [-0.2, 0) is 0 Å². The van der Waals surface area contributed by atoms with E-state index in [1.165, 1.54) is 6.26 Å². The van der Waals surface area contributed by atoms with Gasteiger partial charge in [0.05, 0.1) is 11.8 Å². The van der Waals surface area contributed by atoms with Gasteiger partial charge in [0, 0.05) is 12.5 Å². The van der Waals surface area contributed by atoms with E-state index in [0.717, 1.165) is 19.3 Å². The molecule has 6 heteroatoms. The molecule has 4 rings (SSSR count). The lowest BCUT2D eigenvalue weighted by molar-refractivity contribution is 0.0871. The van der Waals surface area contributed by atoms with Gasteiger partial charge in [0.1, 0.15) is 6.26 Å². The van der Waals surface area contributed by atoms with Crippen molar-refractivity contribution >= 4 is 5.91 Å². The number of aromatic nitrogens is 1. The fourth-order valence-electron chi connectivity index (χ4n) is 3.29. The Morgan fingerprint density at radius 1 is 1.29 bits per heavy atom. The zero-order valence-corrected chi connectivity index (χ0v) is 13.0. The van der Waals surface area contributed by atoms with Crippen LogP contribution in [0.15, 0.2) is 41.0 Å². The Morgan fingerprint density at radius 3 is 2.71 bits per heavy atom. The number of carbonyl (C=O) groups is 1. The van der Waals surface area contributed by atoms with Gasteiger partial charge in [-0.3, -0.25) is 4.79 Å². The number of amides is 1. The van der Waals surface area contributed by atoms with E-state index in [4.69, 9.17) is 4.42 Å². The molecule has 4 nitrogen and oxygen atoms in total. The zero-order chi connectivity index (χ0) is 16.7. The number of carbonyl (C=O) groups excluding carboxylic acids is 1. The molecule has 2 saturated carbocycles. The normalized spacial score (nSPS) is 25.1. The summed E-state index contributed by atoms with van der Waals surface area (Å²) in [6.07, 6.45) is 4.50. The molecule has 0 saturated heterocycles. The van der Waals surface area contributed by atoms with Crippen molar-refractivity contribution in [3.63, 3.8) is 0 Å². The number of benzene rings is 1. The third kappa shape index (κ3) is 2.60. The van der Waals surface area contributed by atoms with Crippen LogP contribution in [0.1, 0.15) is 53.0 Å². The molecule has 1 heterocycles. The molecule has 2 aromatic rings. The SMILES string of the molecule is O=C(NC[C@H]1[C@H](c2ccccc2)C1(F)F)c1coc(C2CCC2)n1. The fraction of sp³-hybridized carbons (Fsp3) is 0.444. The standard InChI is InChI=1S/C18H18F2N2O2/c19-18(20)13(15(18)11-5-2-1-3-6-11)9-21-16(23)14-10-24-17(22-14)12-7-4-8-12/h1-3,5-6,10,12-13,15H,4,7-9H2,(H,21,23)/t13-,15-/m0/s1. The largest absolute Gasteiger partial charge is 0.448 e. The quantitative estimate of drug-likeness (QED) is 0.908. The highest BCUT2D eigenvalue weighted by Gasteiger charge is 2.68. The van der Waals surface area contributed by atoms with Gasteiger partial charge in [0.25, 0.3) is 11.8 Å². The second kappa shape index (κ2) is 5.69. The van der Waals surface area contributed by atoms with Crippen LogP contribution in [0.4, 0.5) is 8.78 Å². The Hall–Kier alpha value is -2.24. The van der Waals surface area contributed by atoms with E-state index in [2.05, 4.69) is 10.3 Å². The molecule has 0 radical (unpaired) electrons. The maximum Gasteiger partial charge on any atom is 0.273 e. The molecule has 0 spiro atoms. The Labute approximate surface area is 138 Å². The van der Waals surface area contributed by atoms with Crippen LogP contribution in [0.3, 0.4) is 0 Å². The second-order valence-corrected chi connectivity index (χ2v) is 6.58. The van der Waals surface area contributed by atoms with Crippen molar-refractivity contribution in [3.8, 4) is 0 Å². The third-order valence-corrected chi connectivity index (χ3v) is 5.05. The number of hydrogen-bond acceptors (Lipinski definition) is 3. The zero-order valence-electron chi connectivity index (χ0n) is 13.0. The summed E-state index contributed by atoms with van der Waals surface area (Å²) in [5.41, 5.74) is 0.771. The Kier molecular flexibility index (Phi) is 3.62. The Balaban J connectivity index is 1.36. The second-order valence-electron chi connectivity index (χ2n) is 6.58. The summed E-state index contributed by atoms with van der Waals surface area (Å²) in [6.45, 7) is -0.0724. The molecular formula is C18H18F2N2O2. The van der Waals surface area contributed by atoms with Crippen LogP contribution in [0.5, 0.6) is 0 Å². The van der Waals surface area contributed by atoms with E-state index in [-0.39, 0.29) is 12.2 Å². The number of hydrogen-bond donors (Lipinski definition) is 1. The molecule has 0 bridgehead atoms. The summed E-state index contributed by atoms with van der Waals surface area (Å²) in [4.78, 5) is 16.3. The van der Waals surface area contributed by atoms with E-state index in [1.807, 2.05) is 0 Å². The third-order valence-electron chi connectivity index (χ3n) is 5.05. The van der Waals surface area contributed by atoms with E-state index in [9.17, 15) is 13.6 Å². The number of rotatable bonds is 5. The van der Waals surface area contributed by atoms with Crippen LogP contribution < -0.4 is 5.32 Å². The van der Waals surface area contributed by atoms with Gasteiger partial charge in [-0.25, -0.2) is 13.8 Å². The maximum atomic E-state index is 14.0. The Bertz CT molecular complexity index is 740. The Morgan fingerprint density at radius 2 is 2.04 bits per heavy atom. The maximum absolute atomic E-state index is 14.0. The minimum absolute atomic E-state index is 0.0724. The first-order valence-corrected chi connectivity index (χ1v) is 8.23. The van der Waals surface area contributed by atoms with Crippen molar-refractivity contribution in [2.45, 2.75) is 37.0 Å². The number of nitrogens with one attached hydrogen (secondary N) is 1. The monoisotopic (exact) mass is 332 g/mol. The fourth-order valence-corrected chi connectivity index (χ4v) is 3.29. The molecule has 2 aliphatic rings. The topological polar surface area (TPSA) is 55.1 Å². The van der Waals surface area contributed by atoms with Crippen molar-refractivity contribution in [1.82, 2.24) is 10.3 Å². The molecule has 0 aliphatic heterocycles. The highest BCUT2D eigenvalue weighted by Crippen LogP contribution is 2.61. The highest BCUT2D eigenvalue weighted by atomic mass is 19.3. The number of alkyl halides is 2. The molecule has 1 aromatic heterocycles. The lowest BCUT2D eigenvalue weighted by atomic mass is 9.85. The van der Waals surface area contributed by atoms with E-state index in [1.54, 1.807) is 30.3 Å². The molecular weight excluding hydrogens is 314 g/mol. The van der Waals surface area contributed by atoms with E-state index in [0.29, 0.717) is 17.4 Å². The molecule has 1 N–H and O–H groups in total. The van der Waals surface area contributed by atoms with Crippen molar-refractivity contribution in [2.75, 3.05) is 6.54 Å². The van der Waals surface area contributed by atoms with Crippen molar-refractivity contribution in [2.24, 2.45) is 5.92 Å². The molecule has 1 amide bonds. The summed E-state index contributed by atoms with van der Waals surface area (Å²) in [5, 5.41) is 2.56. The van der Waals surface area contributed by atoms with Gasteiger partial charge < -0.3 is 9.73 Å². The highest BCUT2D eigenvalue weighted by molar-refractivity contribution is 5.91. The first-order chi connectivity index (χ1) is 11.6. The summed E-state index contributed by atoms with van der Waals surface area (Å²) in [5.74, 6) is -4.08. The lowest BCUT2D eigenvalue weighted by Crippen LogP contribution is -2.27. The molecule has 24 heavy (non-hydrogen) atoms. The van der Waals surface area contributed by atoms with Crippen LogP contribution in [0.25, 0.3) is 0 Å². The number of halogens is 2. The number of oxazole rings is 1. The summed E-state index contributed by atoms with van der Waals surface area (Å²) in [6, 6.07) is 8.68. The van der Waals surface area contributed by atoms with Crippen LogP contribution in [0.2, 0.25) is 0 Å². The minimum atomic E-state index is -2.78. The van der Waals surface area contributed by atoms with Crippen LogP contribution in [0, 0.1) is 5.92 Å². The summed E-state index contributed by atoms with van der Waals surface area (Å²) >= 11 is 0. The van der Waals surface area contributed by atoms with Crippen LogP contribution >= 0.6 is 0 Å². The van der Waals surface area contributed by atoms with Gasteiger partial charge in [0.15, 0.2) is 11.6 Å². The molecule has 2 aliphatic carbocycles. The van der Waals surface area contributed by atoms with Crippen molar-refractivity contribution in [3.05, 3.63) is 53.7 Å². The summed E-state index contributed by atoms with van der Waals surface area (Å²) in [7, 11) is 0. The van der Waals surface area contributed by atoms with Gasteiger partial charge in [-0.05, 0) is 18.4 Å². The van der Waals surface area contributed by atoms with Gasteiger partial charge in [-0.1, -0.05) is 36.8 Å². The molecule has 0 unspecified atom stereocenters. The van der Waals surface area contributed by atoms with Crippen molar-refractivity contribution < 1.29 is 18.0 Å². The molecule has 2 fully saturated rings. The molecule has 1 aromatic carbocycles. The van der Waals surface area contributed by atoms with Gasteiger partial charge in [0.2, 0.25) is 0 Å². The minimum Gasteiger partial charge on any atom is -0.448 e. The smallest absolute Gasteiger partial charge is 0.273 e. The molecule has 2 atom stereocenters. The molecule has 126 valence electrons. The average molecular weight is 332 g/mol. The van der Waals surface area contributed by atoms with Gasteiger partial charge >= 0.3 is 0 Å². The van der Waals surface area contributed by atoms with E-state index >= 15 is 0 Å². The van der Waals surface area contributed by atoms with Gasteiger partial charge in [-0.15, -0.1) is 0 Å². The number of nitrogens with zero attached hydrogens (tertiary/aromatic N) is 1. The first kappa shape index (κ1) is 15.3. The van der Waals surface area contributed by atoms with Crippen molar-refractivity contribution in [1.29, 1.82) is 0 Å². The summed E-state index contributed by atoms with van der Waals surface area (Å²) < 4.78 is 33.3. The average Bonchev–Trinajstić information content (AvgIpc) is 2.84. The lowest BCUT2D eigenvalue weighted by Gasteiger charge is -2.21. The first-order valence-electron chi connectivity index (χ1n) is 8.23. The predicted octanol–water partition coefficient (Wildman–Crippen LogP) is 3.72. The predicted molar refractivity (Wildman–Crippen MR) is 83.0 cm³/mol. The van der Waals surface area contributed by atoms with Crippen LogP contribution in [-0.4, -0.2) is 23.4 Å². The van der Waals surface area contributed by atoms with Gasteiger partial charge in [-0.2, -0.15) is 0 Å². The van der Waals surface area contributed by atoms with E-state index < -0.39 is 23.7 Å².